The Hall–Kier alpha value is -1.26. The van der Waals surface area contributed by atoms with Crippen LogP contribution in [0.3, 0.4) is 0 Å². The first kappa shape index (κ1) is 12.8. The van der Waals surface area contributed by atoms with Crippen LogP contribution in [0.4, 0.5) is 4.79 Å². The summed E-state index contributed by atoms with van der Waals surface area (Å²) in [5.41, 5.74) is 0. The van der Waals surface area contributed by atoms with E-state index in [0.29, 0.717) is 6.54 Å². The van der Waals surface area contributed by atoms with Gasteiger partial charge in [-0.25, -0.2) is 4.79 Å². The third-order valence-corrected chi connectivity index (χ3v) is 2.95. The molecule has 0 radical (unpaired) electrons. The van der Waals surface area contributed by atoms with Crippen LogP contribution in [0, 0.1) is 0 Å². The van der Waals surface area contributed by atoms with Crippen molar-refractivity contribution in [1.29, 1.82) is 0 Å². The van der Waals surface area contributed by atoms with Gasteiger partial charge >= 0.3 is 6.03 Å². The SMILES string of the molecule is CCN(C)C(=O)NC(C)C(=O)N1CCCC1. The topological polar surface area (TPSA) is 52.7 Å². The summed E-state index contributed by atoms with van der Waals surface area (Å²) in [6.45, 7) is 5.91. The molecule has 0 bridgehead atoms. The van der Waals surface area contributed by atoms with Crippen LogP contribution in [0.25, 0.3) is 0 Å². The highest BCUT2D eigenvalue weighted by molar-refractivity contribution is 5.86. The molecule has 1 N–H and O–H groups in total. The highest BCUT2D eigenvalue weighted by Crippen LogP contribution is 2.08. The van der Waals surface area contributed by atoms with Gasteiger partial charge in [-0.2, -0.15) is 0 Å². The average molecular weight is 227 g/mol. The number of hydrogen-bond donors (Lipinski definition) is 1. The predicted molar refractivity (Wildman–Crippen MR) is 62.1 cm³/mol. The molecule has 1 aliphatic rings. The van der Waals surface area contributed by atoms with Crippen molar-refractivity contribution in [3.63, 3.8) is 0 Å². The summed E-state index contributed by atoms with van der Waals surface area (Å²) < 4.78 is 0. The molecule has 1 fully saturated rings. The zero-order valence-electron chi connectivity index (χ0n) is 10.3. The van der Waals surface area contributed by atoms with Crippen molar-refractivity contribution in [3.8, 4) is 0 Å². The van der Waals surface area contributed by atoms with Crippen LogP contribution in [0.15, 0.2) is 0 Å². The monoisotopic (exact) mass is 227 g/mol. The summed E-state index contributed by atoms with van der Waals surface area (Å²) in [6.07, 6.45) is 2.14. The fourth-order valence-electron chi connectivity index (χ4n) is 1.71. The molecule has 0 spiro atoms. The molecule has 1 unspecified atom stereocenters. The third kappa shape index (κ3) is 3.12. The van der Waals surface area contributed by atoms with Gasteiger partial charge in [-0.1, -0.05) is 0 Å². The largest absolute Gasteiger partial charge is 0.341 e. The van der Waals surface area contributed by atoms with E-state index in [1.165, 1.54) is 0 Å². The number of nitrogens with one attached hydrogen (secondary N) is 1. The molecular weight excluding hydrogens is 206 g/mol. The average Bonchev–Trinajstić information content (AvgIpc) is 2.79. The molecule has 1 heterocycles. The summed E-state index contributed by atoms with van der Waals surface area (Å²) in [5.74, 6) is 0.0235. The second-order valence-corrected chi connectivity index (χ2v) is 4.22. The maximum atomic E-state index is 11.9. The number of carbonyl (C=O) groups excluding carboxylic acids is 2. The Kier molecular flexibility index (Phi) is 4.58. The number of likely N-dealkylation sites (tertiary alicyclic amines) is 1. The van der Waals surface area contributed by atoms with E-state index in [1.807, 2.05) is 11.8 Å². The normalized spacial score (nSPS) is 17.1. The maximum absolute atomic E-state index is 11.9. The van der Waals surface area contributed by atoms with E-state index in [1.54, 1.807) is 18.9 Å². The molecule has 3 amide bonds. The lowest BCUT2D eigenvalue weighted by Gasteiger charge is -2.23. The van der Waals surface area contributed by atoms with Gasteiger partial charge in [0.05, 0.1) is 0 Å². The number of carbonyl (C=O) groups is 2. The van der Waals surface area contributed by atoms with Crippen molar-refractivity contribution in [3.05, 3.63) is 0 Å². The van der Waals surface area contributed by atoms with Gasteiger partial charge in [-0.15, -0.1) is 0 Å². The van der Waals surface area contributed by atoms with Crippen molar-refractivity contribution in [1.82, 2.24) is 15.1 Å². The van der Waals surface area contributed by atoms with Gasteiger partial charge in [0.2, 0.25) is 5.91 Å². The van der Waals surface area contributed by atoms with E-state index in [-0.39, 0.29) is 11.9 Å². The first-order chi connectivity index (χ1) is 7.56. The van der Waals surface area contributed by atoms with E-state index in [2.05, 4.69) is 5.32 Å². The van der Waals surface area contributed by atoms with Crippen molar-refractivity contribution >= 4 is 11.9 Å². The second-order valence-electron chi connectivity index (χ2n) is 4.22. The van der Waals surface area contributed by atoms with E-state index in [0.717, 1.165) is 25.9 Å². The minimum atomic E-state index is -0.431. The summed E-state index contributed by atoms with van der Waals surface area (Å²) in [6, 6.07) is -0.623. The smallest absolute Gasteiger partial charge is 0.317 e. The molecule has 0 saturated carbocycles. The van der Waals surface area contributed by atoms with Crippen LogP contribution in [0.2, 0.25) is 0 Å². The van der Waals surface area contributed by atoms with Gasteiger partial charge in [0.1, 0.15) is 6.04 Å². The molecule has 1 aliphatic heterocycles. The molecule has 1 atom stereocenters. The van der Waals surface area contributed by atoms with Gasteiger partial charge in [-0.3, -0.25) is 4.79 Å². The molecular formula is C11H21N3O2. The third-order valence-electron chi connectivity index (χ3n) is 2.95. The van der Waals surface area contributed by atoms with Crippen molar-refractivity contribution in [2.75, 3.05) is 26.7 Å². The van der Waals surface area contributed by atoms with Gasteiger partial charge < -0.3 is 15.1 Å². The summed E-state index contributed by atoms with van der Waals surface area (Å²) in [4.78, 5) is 26.8. The van der Waals surface area contributed by atoms with Crippen LogP contribution >= 0.6 is 0 Å². The fourth-order valence-corrected chi connectivity index (χ4v) is 1.71. The van der Waals surface area contributed by atoms with Crippen molar-refractivity contribution < 1.29 is 9.59 Å². The zero-order chi connectivity index (χ0) is 12.1. The summed E-state index contributed by atoms with van der Waals surface area (Å²) >= 11 is 0. The van der Waals surface area contributed by atoms with Crippen LogP contribution in [-0.2, 0) is 4.79 Å². The number of nitrogens with zero attached hydrogens (tertiary/aromatic N) is 2. The Balaban J connectivity index is 2.41. The molecule has 0 aromatic carbocycles. The lowest BCUT2D eigenvalue weighted by atomic mass is 10.3. The zero-order valence-corrected chi connectivity index (χ0v) is 10.3. The summed E-state index contributed by atoms with van der Waals surface area (Å²) in [7, 11) is 1.71. The van der Waals surface area contributed by atoms with E-state index >= 15 is 0 Å². The van der Waals surface area contributed by atoms with E-state index in [4.69, 9.17) is 0 Å². The maximum Gasteiger partial charge on any atom is 0.317 e. The second kappa shape index (κ2) is 5.72. The van der Waals surface area contributed by atoms with Crippen LogP contribution in [-0.4, -0.2) is 54.5 Å². The number of amides is 3. The highest BCUT2D eigenvalue weighted by atomic mass is 16.2. The molecule has 1 saturated heterocycles. The molecule has 0 aromatic heterocycles. The first-order valence-electron chi connectivity index (χ1n) is 5.86. The Labute approximate surface area is 96.8 Å². The number of hydrogen-bond acceptors (Lipinski definition) is 2. The summed E-state index contributed by atoms with van der Waals surface area (Å²) in [5, 5.41) is 2.70. The molecule has 0 aliphatic carbocycles. The molecule has 5 nitrogen and oxygen atoms in total. The fraction of sp³-hybridized carbons (Fsp3) is 0.818. The van der Waals surface area contributed by atoms with Gasteiger partial charge in [0.15, 0.2) is 0 Å². The molecule has 1 rings (SSSR count). The molecule has 16 heavy (non-hydrogen) atoms. The standard InChI is InChI=1S/C11H21N3O2/c1-4-13(3)11(16)12-9(2)10(15)14-7-5-6-8-14/h9H,4-8H2,1-3H3,(H,12,16). The highest BCUT2D eigenvalue weighted by Gasteiger charge is 2.24. The minimum Gasteiger partial charge on any atom is -0.341 e. The van der Waals surface area contributed by atoms with Crippen molar-refractivity contribution in [2.24, 2.45) is 0 Å². The lowest BCUT2D eigenvalue weighted by molar-refractivity contribution is -0.131. The lowest BCUT2D eigenvalue weighted by Crippen LogP contribution is -2.49. The van der Waals surface area contributed by atoms with E-state index < -0.39 is 6.04 Å². The van der Waals surface area contributed by atoms with Gasteiger partial charge in [0, 0.05) is 26.7 Å². The van der Waals surface area contributed by atoms with Gasteiger partial charge in [0.25, 0.3) is 0 Å². The Bertz CT molecular complexity index is 262. The van der Waals surface area contributed by atoms with E-state index in [9.17, 15) is 9.59 Å². The molecule has 5 heteroatoms. The van der Waals surface area contributed by atoms with Gasteiger partial charge in [-0.05, 0) is 26.7 Å². The number of urea groups is 1. The minimum absolute atomic E-state index is 0.0235. The van der Waals surface area contributed by atoms with Crippen molar-refractivity contribution in [2.45, 2.75) is 32.7 Å². The Morgan fingerprint density at radius 2 is 1.94 bits per heavy atom. The van der Waals surface area contributed by atoms with Crippen LogP contribution in [0.1, 0.15) is 26.7 Å². The molecule has 0 aromatic rings. The van der Waals surface area contributed by atoms with Crippen LogP contribution in [0.5, 0.6) is 0 Å². The Morgan fingerprint density at radius 1 is 1.38 bits per heavy atom. The van der Waals surface area contributed by atoms with Crippen LogP contribution < -0.4 is 5.32 Å². The molecule has 92 valence electrons. The first-order valence-corrected chi connectivity index (χ1v) is 5.86. The Morgan fingerprint density at radius 3 is 2.44 bits per heavy atom. The number of rotatable bonds is 3. The predicted octanol–water partition coefficient (Wildman–Crippen LogP) is 0.659. The quantitative estimate of drug-likeness (QED) is 0.770.